The molecule has 0 spiro atoms. The third-order valence-electron chi connectivity index (χ3n) is 1.64. The van der Waals surface area contributed by atoms with Gasteiger partial charge in [0, 0.05) is 18.5 Å². The fourth-order valence-corrected chi connectivity index (χ4v) is 1.12. The monoisotopic (exact) mass is 209 g/mol. The van der Waals surface area contributed by atoms with Gasteiger partial charge in [-0.15, -0.1) is 11.6 Å². The second kappa shape index (κ2) is 6.22. The fraction of sp³-hybridized carbons (Fsp3) is 0.182. The summed E-state index contributed by atoms with van der Waals surface area (Å²) in [6, 6.07) is 9.76. The molecule has 1 rings (SSSR count). The summed E-state index contributed by atoms with van der Waals surface area (Å²) in [4.78, 5) is 11.0. The molecule has 0 unspecified atom stereocenters. The molecular weight excluding hydrogens is 198 g/mol. The number of rotatable bonds is 4. The first-order valence-corrected chi connectivity index (χ1v) is 4.93. The Kier molecular flexibility index (Phi) is 4.79. The van der Waals surface area contributed by atoms with E-state index in [2.05, 4.69) is 5.32 Å². The molecule has 1 N–H and O–H groups in total. The number of carbonyl (C=O) groups excluding carboxylic acids is 1. The van der Waals surface area contributed by atoms with Gasteiger partial charge in [-0.05, 0) is 11.6 Å². The van der Waals surface area contributed by atoms with Crippen LogP contribution in [0.2, 0.25) is 0 Å². The zero-order chi connectivity index (χ0) is 10.2. The molecule has 0 atom stereocenters. The van der Waals surface area contributed by atoms with Gasteiger partial charge in [-0.1, -0.05) is 30.3 Å². The van der Waals surface area contributed by atoms with Crippen molar-refractivity contribution < 1.29 is 4.79 Å². The molecule has 0 saturated heterocycles. The van der Waals surface area contributed by atoms with Gasteiger partial charge in [-0.25, -0.2) is 0 Å². The van der Waals surface area contributed by atoms with Crippen LogP contribution in [-0.4, -0.2) is 11.8 Å². The largest absolute Gasteiger partial charge is 0.333 e. The first-order valence-electron chi connectivity index (χ1n) is 4.40. The van der Waals surface area contributed by atoms with Gasteiger partial charge in [0.2, 0.25) is 5.91 Å². The second-order valence-corrected chi connectivity index (χ2v) is 3.13. The molecule has 0 aliphatic rings. The maximum Gasteiger partial charge on any atom is 0.225 e. The van der Waals surface area contributed by atoms with Crippen LogP contribution in [0.4, 0.5) is 0 Å². The van der Waals surface area contributed by atoms with Gasteiger partial charge in [-0.2, -0.15) is 0 Å². The first kappa shape index (κ1) is 10.8. The van der Waals surface area contributed by atoms with Crippen molar-refractivity contribution in [1.29, 1.82) is 0 Å². The molecule has 1 aromatic rings. The van der Waals surface area contributed by atoms with E-state index in [0.717, 1.165) is 5.56 Å². The summed E-state index contributed by atoms with van der Waals surface area (Å²) in [5.74, 6) is 0.289. The second-order valence-electron chi connectivity index (χ2n) is 2.75. The molecule has 1 amide bonds. The minimum Gasteiger partial charge on any atom is -0.333 e. The number of amides is 1. The standard InChI is InChI=1S/C11H12ClNO/c12-8-6-11(14)13-9-7-10-4-2-1-3-5-10/h1-5,7,9H,6,8H2,(H,13,14). The number of alkyl halides is 1. The van der Waals surface area contributed by atoms with Crippen LogP contribution in [0.5, 0.6) is 0 Å². The highest BCUT2D eigenvalue weighted by atomic mass is 35.5. The van der Waals surface area contributed by atoms with E-state index in [1.54, 1.807) is 6.20 Å². The zero-order valence-electron chi connectivity index (χ0n) is 7.74. The number of hydrogen-bond acceptors (Lipinski definition) is 1. The summed E-state index contributed by atoms with van der Waals surface area (Å²) in [6.45, 7) is 0. The summed E-state index contributed by atoms with van der Waals surface area (Å²) < 4.78 is 0. The molecule has 0 saturated carbocycles. The topological polar surface area (TPSA) is 29.1 Å². The maximum atomic E-state index is 11.0. The van der Waals surface area contributed by atoms with E-state index in [4.69, 9.17) is 11.6 Å². The van der Waals surface area contributed by atoms with Crippen LogP contribution in [0.1, 0.15) is 12.0 Å². The van der Waals surface area contributed by atoms with Crippen LogP contribution >= 0.6 is 11.6 Å². The number of benzene rings is 1. The van der Waals surface area contributed by atoms with Crippen molar-refractivity contribution in [3.63, 3.8) is 0 Å². The van der Waals surface area contributed by atoms with Gasteiger partial charge in [-0.3, -0.25) is 4.79 Å². The van der Waals surface area contributed by atoms with Crippen molar-refractivity contribution in [2.75, 3.05) is 5.88 Å². The molecule has 0 radical (unpaired) electrons. The molecule has 1 aromatic carbocycles. The molecule has 2 nitrogen and oxygen atoms in total. The Balaban J connectivity index is 2.38. The Labute approximate surface area is 88.6 Å². The van der Waals surface area contributed by atoms with Gasteiger partial charge in [0.05, 0.1) is 0 Å². The third kappa shape index (κ3) is 4.10. The van der Waals surface area contributed by atoms with Gasteiger partial charge in [0.15, 0.2) is 0 Å². The van der Waals surface area contributed by atoms with Gasteiger partial charge >= 0.3 is 0 Å². The summed E-state index contributed by atoms with van der Waals surface area (Å²) >= 11 is 5.41. The molecular formula is C11H12ClNO. The molecule has 0 aliphatic heterocycles. The highest BCUT2D eigenvalue weighted by Gasteiger charge is 1.94. The Hall–Kier alpha value is -1.28. The Bertz CT molecular complexity index is 308. The normalized spacial score (nSPS) is 10.4. The lowest BCUT2D eigenvalue weighted by Gasteiger charge is -1.96. The van der Waals surface area contributed by atoms with Crippen LogP contribution in [0.15, 0.2) is 36.5 Å². The molecule has 0 aliphatic carbocycles. The molecule has 0 heterocycles. The molecule has 0 aromatic heterocycles. The van der Waals surface area contributed by atoms with E-state index in [1.807, 2.05) is 36.4 Å². The van der Waals surface area contributed by atoms with Gasteiger partial charge in [0.1, 0.15) is 0 Å². The Morgan fingerprint density at radius 1 is 1.36 bits per heavy atom. The SMILES string of the molecule is O=C(CCCl)NC=Cc1ccccc1. The Morgan fingerprint density at radius 2 is 2.07 bits per heavy atom. The van der Waals surface area contributed by atoms with Gasteiger partial charge < -0.3 is 5.32 Å². The maximum absolute atomic E-state index is 11.0. The average Bonchev–Trinajstić information content (AvgIpc) is 2.20. The van der Waals surface area contributed by atoms with E-state index in [0.29, 0.717) is 12.3 Å². The van der Waals surface area contributed by atoms with E-state index >= 15 is 0 Å². The van der Waals surface area contributed by atoms with Crippen molar-refractivity contribution in [2.24, 2.45) is 0 Å². The van der Waals surface area contributed by atoms with Crippen molar-refractivity contribution >= 4 is 23.6 Å². The molecule has 0 fully saturated rings. The van der Waals surface area contributed by atoms with Crippen LogP contribution in [0.3, 0.4) is 0 Å². The van der Waals surface area contributed by atoms with Crippen molar-refractivity contribution in [1.82, 2.24) is 5.32 Å². The minimum atomic E-state index is -0.0628. The first-order chi connectivity index (χ1) is 6.83. The van der Waals surface area contributed by atoms with E-state index in [1.165, 1.54) is 0 Å². The lowest BCUT2D eigenvalue weighted by Crippen LogP contribution is -2.16. The highest BCUT2D eigenvalue weighted by molar-refractivity contribution is 6.18. The van der Waals surface area contributed by atoms with Crippen molar-refractivity contribution in [3.05, 3.63) is 42.1 Å². The number of hydrogen-bond donors (Lipinski definition) is 1. The van der Waals surface area contributed by atoms with Crippen LogP contribution < -0.4 is 5.32 Å². The Morgan fingerprint density at radius 3 is 2.71 bits per heavy atom. The molecule has 14 heavy (non-hydrogen) atoms. The van der Waals surface area contributed by atoms with E-state index in [9.17, 15) is 4.79 Å². The molecule has 3 heteroatoms. The highest BCUT2D eigenvalue weighted by Crippen LogP contribution is 1.99. The minimum absolute atomic E-state index is 0.0628. The van der Waals surface area contributed by atoms with Crippen LogP contribution in [-0.2, 0) is 4.79 Å². The fourth-order valence-electron chi connectivity index (χ4n) is 0.953. The third-order valence-corrected chi connectivity index (χ3v) is 1.83. The van der Waals surface area contributed by atoms with Crippen molar-refractivity contribution in [3.8, 4) is 0 Å². The number of halogens is 1. The lowest BCUT2D eigenvalue weighted by atomic mass is 10.2. The van der Waals surface area contributed by atoms with Gasteiger partial charge in [0.25, 0.3) is 0 Å². The summed E-state index contributed by atoms with van der Waals surface area (Å²) in [6.07, 6.45) is 3.82. The molecule has 74 valence electrons. The predicted octanol–water partition coefficient (Wildman–Crippen LogP) is 2.40. The van der Waals surface area contributed by atoms with E-state index < -0.39 is 0 Å². The summed E-state index contributed by atoms with van der Waals surface area (Å²) in [5, 5.41) is 2.63. The summed E-state index contributed by atoms with van der Waals surface area (Å²) in [7, 11) is 0. The average molecular weight is 210 g/mol. The zero-order valence-corrected chi connectivity index (χ0v) is 8.50. The number of carbonyl (C=O) groups is 1. The summed E-state index contributed by atoms with van der Waals surface area (Å²) in [5.41, 5.74) is 1.05. The predicted molar refractivity (Wildman–Crippen MR) is 59.0 cm³/mol. The quantitative estimate of drug-likeness (QED) is 0.759. The van der Waals surface area contributed by atoms with Crippen LogP contribution in [0, 0.1) is 0 Å². The molecule has 0 bridgehead atoms. The number of nitrogens with one attached hydrogen (secondary N) is 1. The lowest BCUT2D eigenvalue weighted by molar-refractivity contribution is -0.119. The smallest absolute Gasteiger partial charge is 0.225 e. The van der Waals surface area contributed by atoms with Crippen molar-refractivity contribution in [2.45, 2.75) is 6.42 Å². The van der Waals surface area contributed by atoms with E-state index in [-0.39, 0.29) is 5.91 Å². The van der Waals surface area contributed by atoms with Crippen LogP contribution in [0.25, 0.3) is 6.08 Å².